The van der Waals surface area contributed by atoms with Crippen LogP contribution in [0, 0.1) is 0 Å². The summed E-state index contributed by atoms with van der Waals surface area (Å²) in [6.45, 7) is 0. The Kier molecular flexibility index (Phi) is 5.78. The number of hydrogen-bond donors (Lipinski definition) is 3. The predicted octanol–water partition coefficient (Wildman–Crippen LogP) is 3.62. The van der Waals surface area contributed by atoms with Crippen molar-refractivity contribution in [2.45, 2.75) is 12.5 Å². The summed E-state index contributed by atoms with van der Waals surface area (Å²) in [6, 6.07) is 8.96. The number of benzene rings is 2. The van der Waals surface area contributed by atoms with E-state index in [0.29, 0.717) is 16.7 Å². The number of amides is 1. The summed E-state index contributed by atoms with van der Waals surface area (Å²) in [5, 5.41) is 17.1. The second-order valence-corrected chi connectivity index (χ2v) is 7.13. The number of rotatable bonds is 5. The highest BCUT2D eigenvalue weighted by molar-refractivity contribution is 6.32. The lowest BCUT2D eigenvalue weighted by molar-refractivity contribution is -0.274. The van der Waals surface area contributed by atoms with Crippen LogP contribution >= 0.6 is 11.6 Å². The average Bonchev–Trinajstić information content (AvgIpc) is 3.17. The third-order valence-electron chi connectivity index (χ3n) is 4.49. The lowest BCUT2D eigenvalue weighted by Crippen LogP contribution is -2.21. The Hall–Kier alpha value is -3.90. The molecule has 1 amide bonds. The molecule has 9 nitrogen and oxygen atoms in total. The average molecular weight is 479 g/mol. The second kappa shape index (κ2) is 8.56. The zero-order chi connectivity index (χ0) is 23.8. The van der Waals surface area contributed by atoms with Crippen LogP contribution in [0.3, 0.4) is 0 Å². The van der Waals surface area contributed by atoms with Gasteiger partial charge in [0.1, 0.15) is 23.1 Å². The number of carbonyl (C=O) groups is 1. The van der Waals surface area contributed by atoms with Crippen molar-refractivity contribution in [2.24, 2.45) is 0 Å². The maximum absolute atomic E-state index is 12.4. The molecule has 33 heavy (non-hydrogen) atoms. The molecule has 0 saturated carbocycles. The Bertz CT molecular complexity index is 1340. The fourth-order valence-electron chi connectivity index (χ4n) is 3.07. The Morgan fingerprint density at radius 3 is 2.73 bits per heavy atom. The van der Waals surface area contributed by atoms with E-state index in [9.17, 15) is 23.1 Å². The van der Waals surface area contributed by atoms with Gasteiger partial charge in [0.25, 0.3) is 5.91 Å². The number of aromatic nitrogens is 4. The molecule has 2 heterocycles. The van der Waals surface area contributed by atoms with Crippen molar-refractivity contribution >= 4 is 40.0 Å². The highest BCUT2D eigenvalue weighted by Gasteiger charge is 2.31. The van der Waals surface area contributed by atoms with Crippen LogP contribution in [-0.2, 0) is 4.79 Å². The van der Waals surface area contributed by atoms with Crippen molar-refractivity contribution in [1.29, 1.82) is 0 Å². The number of nitrogens with zero attached hydrogens (tertiary/aromatic N) is 4. The van der Waals surface area contributed by atoms with E-state index >= 15 is 0 Å². The van der Waals surface area contributed by atoms with Gasteiger partial charge in [0.05, 0.1) is 16.9 Å². The molecule has 0 bridgehead atoms. The molecule has 4 aromatic rings. The lowest BCUT2D eigenvalue weighted by atomic mass is 10.1. The molecule has 1 unspecified atom stereocenters. The van der Waals surface area contributed by atoms with Gasteiger partial charge in [0.15, 0.2) is 11.9 Å². The standard InChI is InChI=1S/C20H14ClF3N6O3/c21-13-7-11(4-5-15(13)30-16-14(8-28-30)26-9-27-18(16)25)29-19(32)17(31)10-2-1-3-12(6-10)33-20(22,23)24/h1-9,17,31H,(H,29,32)(H2,25,26,27). The predicted molar refractivity (Wildman–Crippen MR) is 113 cm³/mol. The number of aliphatic hydroxyl groups is 1. The van der Waals surface area contributed by atoms with E-state index in [2.05, 4.69) is 25.1 Å². The number of anilines is 2. The van der Waals surface area contributed by atoms with Crippen molar-refractivity contribution < 1.29 is 27.8 Å². The van der Waals surface area contributed by atoms with Crippen molar-refractivity contribution in [3.8, 4) is 11.4 Å². The van der Waals surface area contributed by atoms with Crippen molar-refractivity contribution in [2.75, 3.05) is 11.1 Å². The summed E-state index contributed by atoms with van der Waals surface area (Å²) >= 11 is 6.36. The van der Waals surface area contributed by atoms with Gasteiger partial charge in [-0.1, -0.05) is 23.7 Å². The first kappa shape index (κ1) is 22.3. The minimum Gasteiger partial charge on any atom is -0.406 e. The Balaban J connectivity index is 1.53. The van der Waals surface area contributed by atoms with Gasteiger partial charge in [-0.2, -0.15) is 5.10 Å². The second-order valence-electron chi connectivity index (χ2n) is 6.73. The highest BCUT2D eigenvalue weighted by atomic mass is 35.5. The summed E-state index contributed by atoms with van der Waals surface area (Å²) in [7, 11) is 0. The third kappa shape index (κ3) is 4.81. The maximum atomic E-state index is 12.4. The quantitative estimate of drug-likeness (QED) is 0.399. The van der Waals surface area contributed by atoms with E-state index in [0.717, 1.165) is 12.1 Å². The Morgan fingerprint density at radius 1 is 1.21 bits per heavy atom. The number of carbonyl (C=O) groups excluding carboxylic acids is 1. The summed E-state index contributed by atoms with van der Waals surface area (Å²) in [4.78, 5) is 20.4. The van der Waals surface area contributed by atoms with Crippen LogP contribution in [0.1, 0.15) is 11.7 Å². The van der Waals surface area contributed by atoms with E-state index in [1.54, 1.807) is 6.07 Å². The number of fused-ring (bicyclic) bond motifs is 1. The zero-order valence-corrected chi connectivity index (χ0v) is 17.2. The summed E-state index contributed by atoms with van der Waals surface area (Å²) < 4.78 is 42.5. The highest BCUT2D eigenvalue weighted by Crippen LogP contribution is 2.29. The summed E-state index contributed by atoms with van der Waals surface area (Å²) in [5.41, 5.74) is 7.45. The number of alkyl halides is 3. The van der Waals surface area contributed by atoms with Gasteiger partial charge in [0, 0.05) is 5.69 Å². The Labute approximate surface area is 188 Å². The number of nitrogens with two attached hydrogens (primary N) is 1. The first-order chi connectivity index (χ1) is 15.6. The molecule has 4 N–H and O–H groups in total. The van der Waals surface area contributed by atoms with Crippen molar-refractivity contribution in [1.82, 2.24) is 19.7 Å². The number of nitrogen functional groups attached to an aromatic ring is 1. The molecule has 0 spiro atoms. The lowest BCUT2D eigenvalue weighted by Gasteiger charge is -2.15. The molecule has 13 heteroatoms. The molecule has 0 fully saturated rings. The van der Waals surface area contributed by atoms with Crippen LogP contribution in [-0.4, -0.2) is 37.1 Å². The first-order valence-corrected chi connectivity index (χ1v) is 9.59. The molecule has 0 radical (unpaired) electrons. The molecule has 4 rings (SSSR count). The molecule has 0 aliphatic carbocycles. The molecule has 0 aliphatic rings. The molecule has 170 valence electrons. The van der Waals surface area contributed by atoms with Crippen LogP contribution in [0.15, 0.2) is 55.0 Å². The number of halogens is 4. The van der Waals surface area contributed by atoms with Gasteiger partial charge in [-0.3, -0.25) is 4.79 Å². The maximum Gasteiger partial charge on any atom is 0.573 e. The molecule has 2 aromatic carbocycles. The van der Waals surface area contributed by atoms with E-state index in [4.69, 9.17) is 17.3 Å². The van der Waals surface area contributed by atoms with Crippen LogP contribution in [0.25, 0.3) is 16.7 Å². The molecule has 2 aromatic heterocycles. The minimum absolute atomic E-state index is 0.0875. The van der Waals surface area contributed by atoms with Gasteiger partial charge < -0.3 is 20.9 Å². The monoisotopic (exact) mass is 478 g/mol. The van der Waals surface area contributed by atoms with E-state index in [1.165, 1.54) is 41.5 Å². The van der Waals surface area contributed by atoms with Gasteiger partial charge in [-0.15, -0.1) is 13.2 Å². The third-order valence-corrected chi connectivity index (χ3v) is 4.79. The van der Waals surface area contributed by atoms with Crippen LogP contribution in [0.4, 0.5) is 24.7 Å². The number of ether oxygens (including phenoxy) is 1. The van der Waals surface area contributed by atoms with Gasteiger partial charge in [0.2, 0.25) is 0 Å². The van der Waals surface area contributed by atoms with Crippen molar-refractivity contribution in [3.05, 3.63) is 65.6 Å². The molecule has 0 saturated heterocycles. The largest absolute Gasteiger partial charge is 0.573 e. The van der Waals surface area contributed by atoms with Gasteiger partial charge in [-0.05, 0) is 35.9 Å². The van der Waals surface area contributed by atoms with E-state index in [1.807, 2.05) is 0 Å². The van der Waals surface area contributed by atoms with E-state index < -0.39 is 24.1 Å². The van der Waals surface area contributed by atoms with Gasteiger partial charge in [-0.25, -0.2) is 14.6 Å². The number of aliphatic hydroxyl groups excluding tert-OH is 1. The van der Waals surface area contributed by atoms with Crippen molar-refractivity contribution in [3.63, 3.8) is 0 Å². The summed E-state index contributed by atoms with van der Waals surface area (Å²) in [6.07, 6.45) is -3.86. The van der Waals surface area contributed by atoms with Crippen LogP contribution in [0.2, 0.25) is 5.02 Å². The fourth-order valence-corrected chi connectivity index (χ4v) is 3.33. The zero-order valence-electron chi connectivity index (χ0n) is 16.4. The molecule has 1 atom stereocenters. The van der Waals surface area contributed by atoms with E-state index in [-0.39, 0.29) is 22.1 Å². The summed E-state index contributed by atoms with van der Waals surface area (Å²) in [5.74, 6) is -1.25. The smallest absolute Gasteiger partial charge is 0.406 e. The van der Waals surface area contributed by atoms with Crippen LogP contribution in [0.5, 0.6) is 5.75 Å². The topological polar surface area (TPSA) is 128 Å². The van der Waals surface area contributed by atoms with Crippen LogP contribution < -0.4 is 15.8 Å². The number of nitrogens with one attached hydrogen (secondary N) is 1. The van der Waals surface area contributed by atoms with Gasteiger partial charge >= 0.3 is 6.36 Å². The molecular weight excluding hydrogens is 465 g/mol. The first-order valence-electron chi connectivity index (χ1n) is 9.21. The normalized spacial score (nSPS) is 12.5. The number of hydrogen-bond acceptors (Lipinski definition) is 7. The SMILES string of the molecule is Nc1ncnc2cnn(-c3ccc(NC(=O)C(O)c4cccc(OC(F)(F)F)c4)cc3Cl)c12. The fraction of sp³-hybridized carbons (Fsp3) is 0.100. The molecule has 0 aliphatic heterocycles. The minimum atomic E-state index is -4.90. The molecular formula is C20H14ClF3N6O3. The Morgan fingerprint density at radius 2 is 2.00 bits per heavy atom.